The van der Waals surface area contributed by atoms with Gasteiger partial charge in [0.1, 0.15) is 6.04 Å². The van der Waals surface area contributed by atoms with E-state index in [0.29, 0.717) is 10.6 Å². The molecule has 2 aromatic rings. The highest BCUT2D eigenvalue weighted by atomic mass is 35.5. The number of carboxylic acid groups (broad SMARTS) is 1. The summed E-state index contributed by atoms with van der Waals surface area (Å²) < 4.78 is 1.92. The smallest absolute Gasteiger partial charge is 0.325 e. The van der Waals surface area contributed by atoms with Gasteiger partial charge in [0.2, 0.25) is 0 Å². The molecule has 0 bridgehead atoms. The SMILES string of the molecule is Cc1c(C(N)C(=O)O)c2cc(Cl)ccc2n1C. The maximum absolute atomic E-state index is 11.0. The zero-order valence-corrected chi connectivity index (χ0v) is 10.3. The molecule has 0 aliphatic rings. The minimum absolute atomic E-state index is 0.571. The molecule has 3 N–H and O–H groups in total. The van der Waals surface area contributed by atoms with Crippen LogP contribution in [0.1, 0.15) is 17.3 Å². The Morgan fingerprint density at radius 3 is 2.76 bits per heavy atom. The number of hydrogen-bond donors (Lipinski definition) is 2. The summed E-state index contributed by atoms with van der Waals surface area (Å²) in [4.78, 5) is 11.0. The van der Waals surface area contributed by atoms with Gasteiger partial charge in [0, 0.05) is 34.2 Å². The minimum Gasteiger partial charge on any atom is -0.480 e. The van der Waals surface area contributed by atoms with E-state index in [1.165, 1.54) is 0 Å². The molecule has 17 heavy (non-hydrogen) atoms. The average molecular weight is 253 g/mol. The molecule has 2 rings (SSSR count). The van der Waals surface area contributed by atoms with E-state index in [1.54, 1.807) is 12.1 Å². The Morgan fingerprint density at radius 1 is 1.53 bits per heavy atom. The largest absolute Gasteiger partial charge is 0.480 e. The third-order valence-corrected chi connectivity index (χ3v) is 3.32. The lowest BCUT2D eigenvalue weighted by Gasteiger charge is -2.07. The molecule has 0 saturated carbocycles. The number of carbonyl (C=O) groups is 1. The summed E-state index contributed by atoms with van der Waals surface area (Å²) in [7, 11) is 1.88. The lowest BCUT2D eigenvalue weighted by Crippen LogP contribution is -2.21. The van der Waals surface area contributed by atoms with Crippen LogP contribution in [0, 0.1) is 6.92 Å². The van der Waals surface area contributed by atoms with Gasteiger partial charge in [-0.1, -0.05) is 11.6 Å². The molecule has 0 spiro atoms. The number of hydrogen-bond acceptors (Lipinski definition) is 2. The number of benzene rings is 1. The summed E-state index contributed by atoms with van der Waals surface area (Å²) in [6, 6.07) is 4.36. The molecule has 0 fully saturated rings. The fourth-order valence-electron chi connectivity index (χ4n) is 2.09. The van der Waals surface area contributed by atoms with Crippen molar-refractivity contribution in [2.45, 2.75) is 13.0 Å². The maximum Gasteiger partial charge on any atom is 0.325 e. The van der Waals surface area contributed by atoms with Crippen molar-refractivity contribution in [1.29, 1.82) is 0 Å². The van der Waals surface area contributed by atoms with E-state index >= 15 is 0 Å². The van der Waals surface area contributed by atoms with E-state index in [2.05, 4.69) is 0 Å². The number of nitrogens with two attached hydrogens (primary N) is 1. The molecule has 0 aliphatic carbocycles. The van der Waals surface area contributed by atoms with Gasteiger partial charge in [-0.2, -0.15) is 0 Å². The Bertz CT molecular complexity index is 604. The average Bonchev–Trinajstić information content (AvgIpc) is 2.50. The second-order valence-corrected chi connectivity index (χ2v) is 4.47. The van der Waals surface area contributed by atoms with Crippen LogP contribution in [0.3, 0.4) is 0 Å². The lowest BCUT2D eigenvalue weighted by atomic mass is 10.0. The number of rotatable bonds is 2. The van der Waals surface area contributed by atoms with E-state index in [-0.39, 0.29) is 0 Å². The summed E-state index contributed by atoms with van der Waals surface area (Å²) in [5.41, 5.74) is 8.11. The van der Waals surface area contributed by atoms with Crippen molar-refractivity contribution >= 4 is 28.5 Å². The van der Waals surface area contributed by atoms with E-state index < -0.39 is 12.0 Å². The van der Waals surface area contributed by atoms with Crippen LogP contribution in [0.25, 0.3) is 10.9 Å². The molecule has 0 saturated heterocycles. The van der Waals surface area contributed by atoms with Crippen molar-refractivity contribution in [3.05, 3.63) is 34.5 Å². The van der Waals surface area contributed by atoms with Crippen LogP contribution in [0.5, 0.6) is 0 Å². The number of nitrogens with zero attached hydrogens (tertiary/aromatic N) is 1. The lowest BCUT2D eigenvalue weighted by molar-refractivity contribution is -0.138. The molecule has 4 nitrogen and oxygen atoms in total. The van der Waals surface area contributed by atoms with Gasteiger partial charge in [-0.05, 0) is 25.1 Å². The fourth-order valence-corrected chi connectivity index (χ4v) is 2.26. The van der Waals surface area contributed by atoms with Crippen molar-refractivity contribution in [3.63, 3.8) is 0 Å². The highest BCUT2D eigenvalue weighted by Crippen LogP contribution is 2.31. The fraction of sp³-hybridized carbons (Fsp3) is 0.250. The quantitative estimate of drug-likeness (QED) is 0.861. The topological polar surface area (TPSA) is 68.2 Å². The first kappa shape index (κ1) is 12.0. The van der Waals surface area contributed by atoms with E-state index in [4.69, 9.17) is 22.4 Å². The highest BCUT2D eigenvalue weighted by Gasteiger charge is 2.22. The third-order valence-electron chi connectivity index (χ3n) is 3.08. The van der Waals surface area contributed by atoms with Crippen molar-refractivity contribution in [2.24, 2.45) is 12.8 Å². The van der Waals surface area contributed by atoms with Gasteiger partial charge in [0.15, 0.2) is 0 Å². The predicted molar refractivity (Wildman–Crippen MR) is 67.2 cm³/mol. The van der Waals surface area contributed by atoms with Gasteiger partial charge in [0.25, 0.3) is 0 Å². The summed E-state index contributed by atoms with van der Waals surface area (Å²) in [5, 5.41) is 10.4. The summed E-state index contributed by atoms with van der Waals surface area (Å²) in [6.45, 7) is 1.85. The molecular weight excluding hydrogens is 240 g/mol. The van der Waals surface area contributed by atoms with Crippen LogP contribution in [-0.4, -0.2) is 15.6 Å². The number of aliphatic carboxylic acids is 1. The van der Waals surface area contributed by atoms with Gasteiger partial charge < -0.3 is 15.4 Å². The van der Waals surface area contributed by atoms with Crippen molar-refractivity contribution in [1.82, 2.24) is 4.57 Å². The number of halogens is 1. The van der Waals surface area contributed by atoms with Crippen LogP contribution in [0.4, 0.5) is 0 Å². The molecule has 1 heterocycles. The Morgan fingerprint density at radius 2 is 2.18 bits per heavy atom. The Kier molecular flexibility index (Phi) is 2.85. The first-order valence-electron chi connectivity index (χ1n) is 5.16. The molecule has 0 radical (unpaired) electrons. The van der Waals surface area contributed by atoms with Crippen LogP contribution in [0.15, 0.2) is 18.2 Å². The maximum atomic E-state index is 11.0. The molecule has 1 aromatic heterocycles. The van der Waals surface area contributed by atoms with Crippen LogP contribution in [-0.2, 0) is 11.8 Å². The van der Waals surface area contributed by atoms with E-state index in [1.807, 2.05) is 24.6 Å². The van der Waals surface area contributed by atoms with Crippen LogP contribution >= 0.6 is 11.6 Å². The van der Waals surface area contributed by atoms with Gasteiger partial charge in [-0.3, -0.25) is 4.79 Å². The standard InChI is InChI=1S/C12H13ClN2O2/c1-6-10(11(14)12(16)17)8-5-7(13)3-4-9(8)15(6)2/h3-5,11H,14H2,1-2H3,(H,16,17). The molecule has 90 valence electrons. The minimum atomic E-state index is -1.04. The highest BCUT2D eigenvalue weighted by molar-refractivity contribution is 6.31. The van der Waals surface area contributed by atoms with Crippen molar-refractivity contribution in [3.8, 4) is 0 Å². The number of fused-ring (bicyclic) bond motifs is 1. The zero-order chi connectivity index (χ0) is 12.7. The van der Waals surface area contributed by atoms with Gasteiger partial charge >= 0.3 is 5.97 Å². The Balaban J connectivity index is 2.81. The second-order valence-electron chi connectivity index (χ2n) is 4.04. The first-order chi connectivity index (χ1) is 7.93. The molecule has 1 aromatic carbocycles. The number of aryl methyl sites for hydroxylation is 1. The monoisotopic (exact) mass is 252 g/mol. The van der Waals surface area contributed by atoms with Gasteiger partial charge in [-0.15, -0.1) is 0 Å². The molecular formula is C12H13ClN2O2. The van der Waals surface area contributed by atoms with E-state index in [9.17, 15) is 4.79 Å². The van der Waals surface area contributed by atoms with E-state index in [0.717, 1.165) is 16.6 Å². The van der Waals surface area contributed by atoms with Gasteiger partial charge in [-0.25, -0.2) is 0 Å². The predicted octanol–water partition coefficient (Wildman–Crippen LogP) is 2.22. The Labute approximate surface area is 104 Å². The Hall–Kier alpha value is -1.52. The van der Waals surface area contributed by atoms with Crippen LogP contribution in [0.2, 0.25) is 5.02 Å². The van der Waals surface area contributed by atoms with Crippen LogP contribution < -0.4 is 5.73 Å². The number of carboxylic acids is 1. The van der Waals surface area contributed by atoms with Crippen molar-refractivity contribution < 1.29 is 9.90 Å². The molecule has 1 atom stereocenters. The molecule has 0 amide bonds. The number of aromatic nitrogens is 1. The van der Waals surface area contributed by atoms with Gasteiger partial charge in [0.05, 0.1) is 0 Å². The summed E-state index contributed by atoms with van der Waals surface area (Å²) in [6.07, 6.45) is 0. The van der Waals surface area contributed by atoms with Crippen molar-refractivity contribution in [2.75, 3.05) is 0 Å². The first-order valence-corrected chi connectivity index (χ1v) is 5.54. The molecule has 0 aliphatic heterocycles. The zero-order valence-electron chi connectivity index (χ0n) is 9.57. The second kappa shape index (κ2) is 4.05. The molecule has 1 unspecified atom stereocenters. The summed E-state index contributed by atoms with van der Waals surface area (Å²) in [5.74, 6) is -1.04. The summed E-state index contributed by atoms with van der Waals surface area (Å²) >= 11 is 5.94. The molecule has 5 heteroatoms. The normalized spacial score (nSPS) is 12.9. The third kappa shape index (κ3) is 1.79.